The second-order valence-electron chi connectivity index (χ2n) is 3.32. The Balaban J connectivity index is 2.78. The van der Waals surface area contributed by atoms with Gasteiger partial charge in [0.25, 0.3) is 5.56 Å². The van der Waals surface area contributed by atoms with Crippen LogP contribution in [-0.2, 0) is 0 Å². The van der Waals surface area contributed by atoms with Crippen LogP contribution >= 0.6 is 0 Å². The zero-order valence-electron chi connectivity index (χ0n) is 7.82. The van der Waals surface area contributed by atoms with Crippen LogP contribution in [0.1, 0.15) is 18.6 Å². The number of H-pyrrole nitrogens is 1. The summed E-state index contributed by atoms with van der Waals surface area (Å²) in [7, 11) is 0. The number of hydrogen-bond acceptors (Lipinski definition) is 2. The molecule has 2 rings (SSSR count). The van der Waals surface area contributed by atoms with Crippen molar-refractivity contribution in [1.82, 2.24) is 4.98 Å². The highest BCUT2D eigenvalue weighted by molar-refractivity contribution is 5.78. The molecule has 0 spiro atoms. The third kappa shape index (κ3) is 1.42. The Morgan fingerprint density at radius 1 is 1.36 bits per heavy atom. The number of nitrogens with one attached hydrogen (secondary N) is 1. The highest BCUT2D eigenvalue weighted by atomic mass is 16.3. The zero-order chi connectivity index (χ0) is 10.1. The number of aliphatic hydroxyl groups is 1. The van der Waals surface area contributed by atoms with E-state index in [-0.39, 0.29) is 5.56 Å². The molecular formula is C11H11NO2. The molecule has 0 bridgehead atoms. The van der Waals surface area contributed by atoms with Gasteiger partial charge in [0.15, 0.2) is 0 Å². The molecule has 14 heavy (non-hydrogen) atoms. The summed E-state index contributed by atoms with van der Waals surface area (Å²) in [6.07, 6.45) is -0.733. The summed E-state index contributed by atoms with van der Waals surface area (Å²) in [6, 6.07) is 9.21. The SMILES string of the molecule is CC(O)c1cc2ccccc2[nH]c1=O. The van der Waals surface area contributed by atoms with E-state index in [0.717, 1.165) is 10.9 Å². The minimum absolute atomic E-state index is 0.223. The maximum atomic E-state index is 11.5. The molecular weight excluding hydrogens is 178 g/mol. The van der Waals surface area contributed by atoms with Crippen molar-refractivity contribution in [3.63, 3.8) is 0 Å². The molecule has 2 N–H and O–H groups in total. The Kier molecular flexibility index (Phi) is 2.09. The molecule has 72 valence electrons. The van der Waals surface area contributed by atoms with E-state index >= 15 is 0 Å². The van der Waals surface area contributed by atoms with Crippen molar-refractivity contribution < 1.29 is 5.11 Å². The fraction of sp³-hybridized carbons (Fsp3) is 0.182. The number of benzene rings is 1. The molecule has 0 aliphatic heterocycles. The van der Waals surface area contributed by atoms with Gasteiger partial charge in [0.05, 0.1) is 6.10 Å². The first-order valence-electron chi connectivity index (χ1n) is 4.48. The van der Waals surface area contributed by atoms with Gasteiger partial charge >= 0.3 is 0 Å². The van der Waals surface area contributed by atoms with E-state index in [1.807, 2.05) is 24.3 Å². The summed E-state index contributed by atoms with van der Waals surface area (Å²) in [4.78, 5) is 14.2. The average Bonchev–Trinajstić information content (AvgIpc) is 2.16. The third-order valence-corrected chi connectivity index (χ3v) is 2.23. The summed E-state index contributed by atoms with van der Waals surface area (Å²) in [5.74, 6) is 0. The fourth-order valence-electron chi connectivity index (χ4n) is 1.47. The first-order valence-corrected chi connectivity index (χ1v) is 4.48. The predicted octanol–water partition coefficient (Wildman–Crippen LogP) is 1.58. The van der Waals surface area contributed by atoms with Crippen LogP contribution in [0.15, 0.2) is 35.1 Å². The average molecular weight is 189 g/mol. The normalized spacial score (nSPS) is 13.0. The van der Waals surface area contributed by atoms with Crippen LogP contribution in [0.25, 0.3) is 10.9 Å². The van der Waals surface area contributed by atoms with E-state index in [9.17, 15) is 9.90 Å². The van der Waals surface area contributed by atoms with Crippen LogP contribution in [0, 0.1) is 0 Å². The van der Waals surface area contributed by atoms with E-state index in [2.05, 4.69) is 4.98 Å². The van der Waals surface area contributed by atoms with Crippen LogP contribution in [0.4, 0.5) is 0 Å². The van der Waals surface area contributed by atoms with Crippen molar-refractivity contribution in [1.29, 1.82) is 0 Å². The number of aromatic nitrogens is 1. The predicted molar refractivity (Wildman–Crippen MR) is 55.2 cm³/mol. The molecule has 0 aliphatic rings. The topological polar surface area (TPSA) is 53.1 Å². The third-order valence-electron chi connectivity index (χ3n) is 2.23. The molecule has 1 heterocycles. The smallest absolute Gasteiger partial charge is 0.254 e. The molecule has 0 aliphatic carbocycles. The van der Waals surface area contributed by atoms with Gasteiger partial charge in [-0.2, -0.15) is 0 Å². The molecule has 1 unspecified atom stereocenters. The van der Waals surface area contributed by atoms with Gasteiger partial charge in [-0.3, -0.25) is 4.79 Å². The second kappa shape index (κ2) is 3.27. The minimum atomic E-state index is -0.733. The van der Waals surface area contributed by atoms with E-state index in [4.69, 9.17) is 0 Å². The number of fused-ring (bicyclic) bond motifs is 1. The molecule has 1 aromatic heterocycles. The van der Waals surface area contributed by atoms with E-state index in [0.29, 0.717) is 5.56 Å². The van der Waals surface area contributed by atoms with Gasteiger partial charge in [0.2, 0.25) is 0 Å². The number of para-hydroxylation sites is 1. The molecule has 0 saturated heterocycles. The zero-order valence-corrected chi connectivity index (χ0v) is 7.82. The Morgan fingerprint density at radius 3 is 2.79 bits per heavy atom. The molecule has 3 nitrogen and oxygen atoms in total. The van der Waals surface area contributed by atoms with Gasteiger partial charge in [-0.25, -0.2) is 0 Å². The lowest BCUT2D eigenvalue weighted by molar-refractivity contribution is 0.198. The van der Waals surface area contributed by atoms with Crippen molar-refractivity contribution in [2.45, 2.75) is 13.0 Å². The second-order valence-corrected chi connectivity index (χ2v) is 3.32. The maximum Gasteiger partial charge on any atom is 0.254 e. The molecule has 2 aromatic rings. The van der Waals surface area contributed by atoms with Gasteiger partial charge < -0.3 is 10.1 Å². The van der Waals surface area contributed by atoms with E-state index in [1.54, 1.807) is 13.0 Å². The van der Waals surface area contributed by atoms with Crippen LogP contribution < -0.4 is 5.56 Å². The number of aromatic amines is 1. The number of aliphatic hydroxyl groups excluding tert-OH is 1. The highest BCUT2D eigenvalue weighted by Gasteiger charge is 2.06. The number of rotatable bonds is 1. The van der Waals surface area contributed by atoms with Gasteiger partial charge in [-0.1, -0.05) is 18.2 Å². The Hall–Kier alpha value is -1.61. The van der Waals surface area contributed by atoms with Crippen molar-refractivity contribution in [3.8, 4) is 0 Å². The van der Waals surface area contributed by atoms with Crippen LogP contribution in [0.3, 0.4) is 0 Å². The van der Waals surface area contributed by atoms with Crippen molar-refractivity contribution in [2.75, 3.05) is 0 Å². The van der Waals surface area contributed by atoms with Gasteiger partial charge in [0.1, 0.15) is 0 Å². The van der Waals surface area contributed by atoms with Crippen LogP contribution in [-0.4, -0.2) is 10.1 Å². The molecule has 0 radical (unpaired) electrons. The fourth-order valence-corrected chi connectivity index (χ4v) is 1.47. The van der Waals surface area contributed by atoms with Gasteiger partial charge in [0, 0.05) is 11.1 Å². The summed E-state index contributed by atoms with van der Waals surface area (Å²) in [5.41, 5.74) is 0.976. The van der Waals surface area contributed by atoms with Crippen LogP contribution in [0.5, 0.6) is 0 Å². The maximum absolute atomic E-state index is 11.5. The first kappa shape index (κ1) is 8.97. The van der Waals surface area contributed by atoms with Crippen LogP contribution in [0.2, 0.25) is 0 Å². The monoisotopic (exact) mass is 189 g/mol. The molecule has 0 saturated carbocycles. The van der Waals surface area contributed by atoms with E-state index in [1.165, 1.54) is 0 Å². The quantitative estimate of drug-likeness (QED) is 0.715. The highest BCUT2D eigenvalue weighted by Crippen LogP contribution is 2.13. The Labute approximate surface area is 81.0 Å². The summed E-state index contributed by atoms with van der Waals surface area (Å²) in [6.45, 7) is 1.58. The molecule has 1 aromatic carbocycles. The van der Waals surface area contributed by atoms with Crippen molar-refractivity contribution in [2.24, 2.45) is 0 Å². The van der Waals surface area contributed by atoms with Crippen molar-refractivity contribution in [3.05, 3.63) is 46.2 Å². The Morgan fingerprint density at radius 2 is 2.07 bits per heavy atom. The lowest BCUT2D eigenvalue weighted by Crippen LogP contribution is -2.14. The summed E-state index contributed by atoms with van der Waals surface area (Å²) < 4.78 is 0. The summed E-state index contributed by atoms with van der Waals surface area (Å²) >= 11 is 0. The lowest BCUT2D eigenvalue weighted by Gasteiger charge is -2.04. The van der Waals surface area contributed by atoms with Gasteiger partial charge in [-0.05, 0) is 24.4 Å². The number of pyridine rings is 1. The van der Waals surface area contributed by atoms with Gasteiger partial charge in [-0.15, -0.1) is 0 Å². The minimum Gasteiger partial charge on any atom is -0.388 e. The van der Waals surface area contributed by atoms with E-state index < -0.39 is 6.10 Å². The first-order chi connectivity index (χ1) is 6.68. The lowest BCUT2D eigenvalue weighted by atomic mass is 10.1. The Bertz CT molecular complexity index is 514. The molecule has 1 atom stereocenters. The number of hydrogen-bond donors (Lipinski definition) is 2. The largest absolute Gasteiger partial charge is 0.388 e. The standard InChI is InChI=1S/C11H11NO2/c1-7(13)9-6-8-4-2-3-5-10(8)12-11(9)14/h2-7,13H,1H3,(H,12,14). The summed E-state index contributed by atoms with van der Waals surface area (Å²) in [5, 5.41) is 10.3. The molecule has 0 amide bonds. The van der Waals surface area contributed by atoms with Crippen molar-refractivity contribution >= 4 is 10.9 Å². The molecule has 3 heteroatoms. The molecule has 0 fully saturated rings.